The van der Waals surface area contributed by atoms with Crippen LogP contribution in [0.2, 0.25) is 0 Å². The van der Waals surface area contributed by atoms with Crippen LogP contribution in [0, 0.1) is 16.7 Å². The number of nitrogens with zero attached hydrogens (tertiary/aromatic N) is 1. The van der Waals surface area contributed by atoms with Gasteiger partial charge in [0.1, 0.15) is 5.78 Å². The summed E-state index contributed by atoms with van der Waals surface area (Å²) in [4.78, 5) is 36.1. The SMILES string of the molecule is CC.CC(=O)CCC(=O)N(C)CC(=O)NCC(C)COCC(C)(C)COCC(C)(C)C. The molecule has 0 aromatic heterocycles. The lowest BCUT2D eigenvalue weighted by atomic mass is 9.95. The monoisotopic (exact) mass is 444 g/mol. The number of likely N-dealkylation sites (N-methyl/N-ethyl adjacent to an activating group) is 1. The van der Waals surface area contributed by atoms with Gasteiger partial charge >= 0.3 is 0 Å². The van der Waals surface area contributed by atoms with Gasteiger partial charge in [-0.25, -0.2) is 0 Å². The first kappa shape index (κ1) is 31.7. The van der Waals surface area contributed by atoms with Gasteiger partial charge < -0.3 is 24.5 Å². The zero-order valence-corrected chi connectivity index (χ0v) is 21.7. The van der Waals surface area contributed by atoms with Crippen LogP contribution in [-0.4, -0.2) is 69.1 Å². The Morgan fingerprint density at radius 3 is 2.00 bits per heavy atom. The number of amides is 2. The molecule has 0 saturated carbocycles. The Morgan fingerprint density at radius 2 is 1.48 bits per heavy atom. The minimum absolute atomic E-state index is 0.0114. The van der Waals surface area contributed by atoms with Crippen molar-refractivity contribution in [3.05, 3.63) is 0 Å². The maximum absolute atomic E-state index is 12.0. The third-order valence-corrected chi connectivity index (χ3v) is 4.07. The predicted octanol–water partition coefficient (Wildman–Crippen LogP) is 3.70. The standard InChI is InChI=1S/C22H42N2O5.C2H6/c1-17(13-28-15-22(6,7)16-29-14-21(3,4)5)11-23-19(26)12-24(8)20(27)10-9-18(2)25;1-2/h17H,9-16H2,1-8H3,(H,23,26);1-2H3. The number of rotatable bonds is 14. The number of carbonyl (C=O) groups excluding carboxylic acids is 3. The Bertz CT molecular complexity index is 527. The van der Waals surface area contributed by atoms with Crippen LogP contribution >= 0.6 is 0 Å². The number of hydrogen-bond donors (Lipinski definition) is 1. The zero-order chi connectivity index (χ0) is 24.7. The van der Waals surface area contributed by atoms with Crippen molar-refractivity contribution in [2.45, 2.75) is 75.2 Å². The first-order chi connectivity index (χ1) is 14.2. The normalized spacial score (nSPS) is 12.5. The molecule has 7 nitrogen and oxygen atoms in total. The van der Waals surface area contributed by atoms with E-state index in [1.54, 1.807) is 7.05 Å². The molecule has 0 aromatic rings. The van der Waals surface area contributed by atoms with E-state index in [-0.39, 0.29) is 53.7 Å². The van der Waals surface area contributed by atoms with Crippen LogP contribution in [0.3, 0.4) is 0 Å². The largest absolute Gasteiger partial charge is 0.380 e. The molecule has 0 aromatic carbocycles. The number of hydrogen-bond acceptors (Lipinski definition) is 5. The third kappa shape index (κ3) is 20.2. The highest BCUT2D eigenvalue weighted by molar-refractivity contribution is 5.87. The summed E-state index contributed by atoms with van der Waals surface area (Å²) in [5, 5.41) is 2.83. The molecule has 0 aliphatic heterocycles. The van der Waals surface area contributed by atoms with Gasteiger partial charge in [-0.3, -0.25) is 9.59 Å². The molecule has 0 radical (unpaired) electrons. The van der Waals surface area contributed by atoms with Crippen molar-refractivity contribution in [2.75, 3.05) is 46.6 Å². The predicted molar refractivity (Wildman–Crippen MR) is 126 cm³/mol. The van der Waals surface area contributed by atoms with Gasteiger partial charge in [-0.15, -0.1) is 0 Å². The number of ether oxygens (including phenoxy) is 2. The maximum atomic E-state index is 12.0. The van der Waals surface area contributed by atoms with Gasteiger partial charge in [0.15, 0.2) is 0 Å². The van der Waals surface area contributed by atoms with Crippen LogP contribution in [0.5, 0.6) is 0 Å². The van der Waals surface area contributed by atoms with E-state index < -0.39 is 0 Å². The Labute approximate surface area is 190 Å². The molecule has 0 spiro atoms. The summed E-state index contributed by atoms with van der Waals surface area (Å²) < 4.78 is 11.6. The van der Waals surface area contributed by atoms with E-state index in [1.165, 1.54) is 11.8 Å². The van der Waals surface area contributed by atoms with Crippen molar-refractivity contribution >= 4 is 17.6 Å². The van der Waals surface area contributed by atoms with E-state index in [4.69, 9.17) is 9.47 Å². The van der Waals surface area contributed by atoms with E-state index in [9.17, 15) is 14.4 Å². The van der Waals surface area contributed by atoms with Gasteiger partial charge in [0, 0.05) is 31.8 Å². The Morgan fingerprint density at radius 1 is 0.935 bits per heavy atom. The van der Waals surface area contributed by atoms with Crippen LogP contribution in [-0.2, 0) is 23.9 Å². The molecule has 0 aliphatic rings. The summed E-state index contributed by atoms with van der Waals surface area (Å²) in [5.74, 6) is -0.299. The molecule has 1 N–H and O–H groups in total. The Kier molecular flexibility index (Phi) is 16.6. The maximum Gasteiger partial charge on any atom is 0.239 e. The van der Waals surface area contributed by atoms with Crippen LogP contribution < -0.4 is 5.32 Å². The molecule has 7 heteroatoms. The van der Waals surface area contributed by atoms with E-state index in [1.807, 2.05) is 20.8 Å². The van der Waals surface area contributed by atoms with E-state index in [2.05, 4.69) is 39.9 Å². The van der Waals surface area contributed by atoms with Gasteiger partial charge in [0.25, 0.3) is 0 Å². The molecule has 2 amide bonds. The highest BCUT2D eigenvalue weighted by Crippen LogP contribution is 2.19. The van der Waals surface area contributed by atoms with E-state index in [0.29, 0.717) is 33.0 Å². The average molecular weight is 445 g/mol. The van der Waals surface area contributed by atoms with Gasteiger partial charge in [-0.05, 0) is 18.3 Å². The number of carbonyl (C=O) groups is 3. The number of ketones is 1. The van der Waals surface area contributed by atoms with Crippen molar-refractivity contribution in [3.63, 3.8) is 0 Å². The number of Topliss-reactive ketones (excluding diaryl/α,β-unsaturated/α-hetero) is 1. The summed E-state index contributed by atoms with van der Waals surface area (Å²) in [5.41, 5.74) is 0.0763. The molecule has 0 rings (SSSR count). The quantitative estimate of drug-likeness (QED) is 0.442. The Balaban J connectivity index is 0. The second-order valence-electron chi connectivity index (χ2n) is 10.1. The second kappa shape index (κ2) is 16.2. The summed E-state index contributed by atoms with van der Waals surface area (Å²) in [6.45, 7) is 21.1. The Hall–Kier alpha value is -1.47. The molecule has 0 saturated heterocycles. The van der Waals surface area contributed by atoms with Crippen molar-refractivity contribution < 1.29 is 23.9 Å². The first-order valence-electron chi connectivity index (χ1n) is 11.4. The molecule has 0 fully saturated rings. The number of nitrogens with one attached hydrogen (secondary N) is 1. The van der Waals surface area contributed by atoms with Crippen LogP contribution in [0.25, 0.3) is 0 Å². The molecule has 31 heavy (non-hydrogen) atoms. The fraction of sp³-hybridized carbons (Fsp3) is 0.875. The topological polar surface area (TPSA) is 84.9 Å². The molecule has 0 aliphatic carbocycles. The van der Waals surface area contributed by atoms with Gasteiger partial charge in [-0.2, -0.15) is 0 Å². The summed E-state index contributed by atoms with van der Waals surface area (Å²) in [6, 6.07) is 0. The van der Waals surface area contributed by atoms with Crippen LogP contribution in [0.1, 0.15) is 75.2 Å². The zero-order valence-electron chi connectivity index (χ0n) is 21.7. The minimum atomic E-state index is -0.216. The molecular formula is C24H48N2O5. The third-order valence-electron chi connectivity index (χ3n) is 4.07. The van der Waals surface area contributed by atoms with Crippen LogP contribution in [0.15, 0.2) is 0 Å². The van der Waals surface area contributed by atoms with Gasteiger partial charge in [0.05, 0.1) is 33.0 Å². The molecule has 184 valence electrons. The van der Waals surface area contributed by atoms with Crippen LogP contribution in [0.4, 0.5) is 0 Å². The molecule has 1 atom stereocenters. The molecular weight excluding hydrogens is 396 g/mol. The van der Waals surface area contributed by atoms with E-state index >= 15 is 0 Å². The van der Waals surface area contributed by atoms with Crippen molar-refractivity contribution in [1.82, 2.24) is 10.2 Å². The van der Waals surface area contributed by atoms with Gasteiger partial charge in [0.2, 0.25) is 11.8 Å². The minimum Gasteiger partial charge on any atom is -0.380 e. The summed E-state index contributed by atoms with van der Waals surface area (Å²) in [6.07, 6.45) is 0.343. The lowest BCUT2D eigenvalue weighted by molar-refractivity contribution is -0.135. The first-order valence-corrected chi connectivity index (χ1v) is 11.4. The second-order valence-corrected chi connectivity index (χ2v) is 10.1. The summed E-state index contributed by atoms with van der Waals surface area (Å²) in [7, 11) is 1.57. The summed E-state index contributed by atoms with van der Waals surface area (Å²) >= 11 is 0. The fourth-order valence-electron chi connectivity index (χ4n) is 2.39. The lowest BCUT2D eigenvalue weighted by Crippen LogP contribution is -2.40. The lowest BCUT2D eigenvalue weighted by Gasteiger charge is -2.27. The molecule has 1 unspecified atom stereocenters. The highest BCUT2D eigenvalue weighted by atomic mass is 16.5. The van der Waals surface area contributed by atoms with Gasteiger partial charge in [-0.1, -0.05) is 55.4 Å². The van der Waals surface area contributed by atoms with Crippen molar-refractivity contribution in [3.8, 4) is 0 Å². The van der Waals surface area contributed by atoms with Crippen molar-refractivity contribution in [2.24, 2.45) is 16.7 Å². The van der Waals surface area contributed by atoms with E-state index in [0.717, 1.165) is 0 Å². The highest BCUT2D eigenvalue weighted by Gasteiger charge is 2.21. The molecule has 0 heterocycles. The smallest absolute Gasteiger partial charge is 0.239 e. The average Bonchev–Trinajstić information content (AvgIpc) is 2.64. The van der Waals surface area contributed by atoms with Crippen molar-refractivity contribution in [1.29, 1.82) is 0 Å². The molecule has 0 bridgehead atoms. The fourth-order valence-corrected chi connectivity index (χ4v) is 2.39.